The van der Waals surface area contributed by atoms with Gasteiger partial charge in [0.05, 0.1) is 17.4 Å². The van der Waals surface area contributed by atoms with Crippen LogP contribution in [0.2, 0.25) is 0 Å². The van der Waals surface area contributed by atoms with E-state index in [1.807, 2.05) is 17.9 Å². The van der Waals surface area contributed by atoms with Crippen LogP contribution in [0.15, 0.2) is 9.70 Å². The molecule has 3 rings (SSSR count). The van der Waals surface area contributed by atoms with Crippen molar-refractivity contribution in [2.45, 2.75) is 65.8 Å². The van der Waals surface area contributed by atoms with Gasteiger partial charge in [-0.3, -0.25) is 28.6 Å². The van der Waals surface area contributed by atoms with E-state index in [-0.39, 0.29) is 36.4 Å². The van der Waals surface area contributed by atoms with Crippen LogP contribution >= 0.6 is 24.0 Å². The van der Waals surface area contributed by atoms with E-state index < -0.39 is 11.5 Å². The van der Waals surface area contributed by atoms with Crippen molar-refractivity contribution in [2.24, 2.45) is 5.92 Å². The Balaban J connectivity index is 1.99. The molecule has 1 aromatic heterocycles. The first-order valence-electron chi connectivity index (χ1n) is 13.2. The number of nitrogens with zero attached hydrogens (tertiary/aromatic N) is 4. The average molecular weight is 575 g/mol. The molecule has 39 heavy (non-hydrogen) atoms. The number of carboxylic acid groups (broad SMARTS) is 1. The van der Waals surface area contributed by atoms with Gasteiger partial charge in [0.2, 0.25) is 0 Å². The lowest BCUT2D eigenvalue weighted by molar-refractivity contribution is -0.148. The highest BCUT2D eigenvalue weighted by molar-refractivity contribution is 8.26. The highest BCUT2D eigenvalue weighted by atomic mass is 32.2. The summed E-state index contributed by atoms with van der Waals surface area (Å²) in [6.45, 7) is 7.24. The Labute approximate surface area is 237 Å². The maximum Gasteiger partial charge on any atom is 0.310 e. The van der Waals surface area contributed by atoms with Crippen molar-refractivity contribution in [1.82, 2.24) is 9.47 Å². The predicted octanol–water partition coefficient (Wildman–Crippen LogP) is 3.67. The normalized spacial score (nSPS) is 18.5. The van der Waals surface area contributed by atoms with E-state index in [4.69, 9.17) is 22.1 Å². The number of thiocarbonyl (C=S) groups is 1. The molecule has 1 amide bonds. The average Bonchev–Trinajstić information content (AvgIpc) is 3.17. The zero-order valence-electron chi connectivity index (χ0n) is 22.5. The number of ether oxygens (including phenoxy) is 1. The second kappa shape index (κ2) is 13.8. The van der Waals surface area contributed by atoms with Gasteiger partial charge in [-0.05, 0) is 58.1 Å². The summed E-state index contributed by atoms with van der Waals surface area (Å²) >= 11 is 6.64. The second-order valence-corrected chi connectivity index (χ2v) is 11.1. The van der Waals surface area contributed by atoms with Crippen LogP contribution in [0, 0.1) is 24.2 Å². The van der Waals surface area contributed by atoms with Gasteiger partial charge >= 0.3 is 11.9 Å². The minimum Gasteiger partial charge on any atom is -0.481 e. The first-order valence-corrected chi connectivity index (χ1v) is 14.4. The van der Waals surface area contributed by atoms with E-state index in [2.05, 4.69) is 0 Å². The van der Waals surface area contributed by atoms with E-state index in [0.29, 0.717) is 78.0 Å². The third-order valence-corrected chi connectivity index (χ3v) is 8.30. The number of thioether (sulfide) groups is 1. The van der Waals surface area contributed by atoms with Gasteiger partial charge in [0.1, 0.15) is 21.8 Å². The summed E-state index contributed by atoms with van der Waals surface area (Å²) in [7, 11) is 0. The first kappa shape index (κ1) is 30.4. The van der Waals surface area contributed by atoms with E-state index in [1.165, 1.54) is 9.47 Å². The highest BCUT2D eigenvalue weighted by Crippen LogP contribution is 2.37. The molecular formula is C27H34N4O6S2. The van der Waals surface area contributed by atoms with Crippen LogP contribution in [-0.4, -0.2) is 63.0 Å². The molecule has 2 saturated heterocycles. The number of anilines is 1. The molecule has 3 heterocycles. The number of carbonyl (C=O) groups excluding carboxylic acids is 2. The largest absolute Gasteiger partial charge is 0.481 e. The maximum atomic E-state index is 13.3. The fourth-order valence-corrected chi connectivity index (χ4v) is 6.24. The number of nitriles is 1. The van der Waals surface area contributed by atoms with E-state index >= 15 is 0 Å². The van der Waals surface area contributed by atoms with Gasteiger partial charge in [-0.1, -0.05) is 30.4 Å². The summed E-state index contributed by atoms with van der Waals surface area (Å²) in [5.41, 5.74) is 0.662. The zero-order chi connectivity index (χ0) is 28.7. The summed E-state index contributed by atoms with van der Waals surface area (Å²) < 4.78 is 7.20. The van der Waals surface area contributed by atoms with Crippen LogP contribution in [0.25, 0.3) is 6.08 Å². The summed E-state index contributed by atoms with van der Waals surface area (Å²) in [6.07, 6.45) is 5.01. The number of hydrogen-bond acceptors (Lipinski definition) is 9. The van der Waals surface area contributed by atoms with Gasteiger partial charge < -0.3 is 14.7 Å². The molecule has 2 aliphatic heterocycles. The zero-order valence-corrected chi connectivity index (χ0v) is 24.2. The minimum absolute atomic E-state index is 0.0136. The summed E-state index contributed by atoms with van der Waals surface area (Å²) in [5, 5.41) is 18.6. The van der Waals surface area contributed by atoms with Crippen molar-refractivity contribution >= 4 is 58.0 Å². The fraction of sp³-hybridized carbons (Fsp3) is 0.556. The van der Waals surface area contributed by atoms with Crippen LogP contribution in [0.4, 0.5) is 5.82 Å². The maximum absolute atomic E-state index is 13.3. The molecule has 0 bridgehead atoms. The number of carboxylic acids is 1. The van der Waals surface area contributed by atoms with Crippen LogP contribution in [0.1, 0.15) is 69.1 Å². The molecule has 1 atom stereocenters. The quantitative estimate of drug-likeness (QED) is 0.181. The molecule has 2 aliphatic rings. The second-order valence-electron chi connectivity index (χ2n) is 9.47. The molecule has 1 N–H and O–H groups in total. The number of pyridine rings is 1. The minimum atomic E-state index is -0.845. The number of aliphatic carboxylic acids is 1. The van der Waals surface area contributed by atoms with Gasteiger partial charge in [0.25, 0.3) is 11.5 Å². The number of hydrogen-bond donors (Lipinski definition) is 1. The van der Waals surface area contributed by atoms with E-state index in [1.54, 1.807) is 19.9 Å². The van der Waals surface area contributed by atoms with Gasteiger partial charge in [0.15, 0.2) is 0 Å². The number of unbranched alkanes of at least 4 members (excludes halogenated alkanes) is 2. The van der Waals surface area contributed by atoms with Crippen LogP contribution < -0.4 is 10.5 Å². The number of aromatic nitrogens is 1. The molecule has 2 fully saturated rings. The van der Waals surface area contributed by atoms with Crippen molar-refractivity contribution in [3.05, 3.63) is 31.9 Å². The Morgan fingerprint density at radius 3 is 2.64 bits per heavy atom. The number of rotatable bonds is 11. The highest BCUT2D eigenvalue weighted by Gasteiger charge is 2.34. The lowest BCUT2D eigenvalue weighted by Crippen LogP contribution is -2.43. The number of carbonyl (C=O) groups is 3. The van der Waals surface area contributed by atoms with E-state index in [0.717, 1.165) is 18.2 Å². The lowest BCUT2D eigenvalue weighted by Gasteiger charge is -2.36. The topological polar surface area (TPSA) is 133 Å². The van der Waals surface area contributed by atoms with Crippen molar-refractivity contribution in [1.29, 1.82) is 5.26 Å². The molecule has 1 unspecified atom stereocenters. The molecule has 0 spiro atoms. The molecule has 1 aromatic rings. The number of piperidine rings is 1. The summed E-state index contributed by atoms with van der Waals surface area (Å²) in [5.74, 6) is -1.15. The van der Waals surface area contributed by atoms with Gasteiger partial charge in [-0.2, -0.15) is 5.26 Å². The fourth-order valence-electron chi connectivity index (χ4n) is 4.95. The molecular weight excluding hydrogens is 540 g/mol. The molecule has 0 saturated carbocycles. The van der Waals surface area contributed by atoms with Gasteiger partial charge in [-0.25, -0.2) is 0 Å². The summed E-state index contributed by atoms with van der Waals surface area (Å²) in [6, 6.07) is 2.03. The van der Waals surface area contributed by atoms with Crippen molar-refractivity contribution in [3.63, 3.8) is 0 Å². The Kier molecular flexibility index (Phi) is 10.7. The molecule has 0 radical (unpaired) electrons. The Hall–Kier alpha value is -3.17. The Bertz CT molecular complexity index is 1280. The van der Waals surface area contributed by atoms with Crippen LogP contribution in [-0.2, 0) is 25.7 Å². The first-order chi connectivity index (χ1) is 18.6. The van der Waals surface area contributed by atoms with Gasteiger partial charge in [0, 0.05) is 38.2 Å². The summed E-state index contributed by atoms with van der Waals surface area (Å²) in [4.78, 5) is 53.8. The molecule has 12 heteroatoms. The van der Waals surface area contributed by atoms with Crippen molar-refractivity contribution < 1.29 is 24.2 Å². The van der Waals surface area contributed by atoms with Crippen LogP contribution in [0.3, 0.4) is 0 Å². The Morgan fingerprint density at radius 2 is 2.00 bits per heavy atom. The van der Waals surface area contributed by atoms with Crippen molar-refractivity contribution in [3.8, 4) is 6.07 Å². The molecule has 210 valence electrons. The predicted molar refractivity (Wildman–Crippen MR) is 153 cm³/mol. The smallest absolute Gasteiger partial charge is 0.310 e. The molecule has 0 aliphatic carbocycles. The monoisotopic (exact) mass is 574 g/mol. The standard InChI is InChI=1S/C27H34N4O6S2/c1-4-30-23(29-12-9-10-18(16-29)26(36)37-5-2)19(17(3)20(15-28)24(30)34)14-21-25(35)31(27(38)39-21)13-8-6-7-11-22(32)33/h14,18H,4-13,16H2,1-3H3,(H,32,33)/b21-14-. The van der Waals surface area contributed by atoms with Crippen LogP contribution in [0.5, 0.6) is 0 Å². The Morgan fingerprint density at radius 1 is 1.26 bits per heavy atom. The molecule has 10 nitrogen and oxygen atoms in total. The third-order valence-electron chi connectivity index (χ3n) is 6.92. The molecule has 0 aromatic carbocycles. The van der Waals surface area contributed by atoms with Crippen molar-refractivity contribution in [2.75, 3.05) is 31.1 Å². The van der Waals surface area contributed by atoms with Gasteiger partial charge in [-0.15, -0.1) is 0 Å². The third kappa shape index (κ3) is 6.89. The SMILES string of the molecule is CCOC(=O)C1CCCN(c2c(/C=C3\SC(=S)N(CCCCCC(=O)O)C3=O)c(C)c(C#N)c(=O)n2CC)C1. The van der Waals surface area contributed by atoms with E-state index in [9.17, 15) is 24.4 Å². The number of amides is 1. The number of esters is 1. The lowest BCUT2D eigenvalue weighted by atomic mass is 9.96.